The molecule has 1 aromatic carbocycles. The van der Waals surface area contributed by atoms with Crippen molar-refractivity contribution in [2.45, 2.75) is 69.9 Å². The van der Waals surface area contributed by atoms with Crippen LogP contribution in [0.3, 0.4) is 0 Å². The van der Waals surface area contributed by atoms with Crippen molar-refractivity contribution in [2.75, 3.05) is 5.75 Å². The third-order valence-corrected chi connectivity index (χ3v) is 8.18. The summed E-state index contributed by atoms with van der Waals surface area (Å²) in [6.45, 7) is 6.60. The van der Waals surface area contributed by atoms with Gasteiger partial charge in [0.15, 0.2) is 0 Å². The molecule has 0 spiro atoms. The lowest BCUT2D eigenvalue weighted by molar-refractivity contribution is -0.141. The number of benzene rings is 1. The molecule has 154 valence electrons. The summed E-state index contributed by atoms with van der Waals surface area (Å²) in [5.41, 5.74) is 2.26. The summed E-state index contributed by atoms with van der Waals surface area (Å²) in [6, 6.07) is 8.29. The Labute approximate surface area is 177 Å². The highest BCUT2D eigenvalue weighted by atomic mass is 32.2. The summed E-state index contributed by atoms with van der Waals surface area (Å²) >= 11 is 1.41. The minimum atomic E-state index is -0.0482. The molecule has 0 radical (unpaired) electrons. The normalized spacial score (nSPS) is 30.7. The van der Waals surface area contributed by atoms with Gasteiger partial charge in [0, 0.05) is 11.0 Å². The van der Waals surface area contributed by atoms with Crippen LogP contribution < -0.4 is 0 Å². The topological polar surface area (TPSA) is 56.0 Å². The maximum absolute atomic E-state index is 13.2. The minimum Gasteiger partial charge on any atom is -0.411 e. The second kappa shape index (κ2) is 6.97. The molecule has 2 aromatic rings. The van der Waals surface area contributed by atoms with Gasteiger partial charge in [0.1, 0.15) is 5.78 Å². The van der Waals surface area contributed by atoms with Crippen LogP contribution in [-0.4, -0.2) is 21.7 Å². The Balaban J connectivity index is 1.24. The van der Waals surface area contributed by atoms with Gasteiger partial charge in [0.2, 0.25) is 5.89 Å². The first-order chi connectivity index (χ1) is 13.8. The molecule has 6 rings (SSSR count). The summed E-state index contributed by atoms with van der Waals surface area (Å²) in [7, 11) is 0. The molecule has 0 saturated heterocycles. The monoisotopic (exact) mass is 410 g/mol. The molecule has 0 aliphatic heterocycles. The predicted octanol–water partition coefficient (Wildman–Crippen LogP) is 5.91. The van der Waals surface area contributed by atoms with Crippen molar-refractivity contribution in [3.8, 4) is 11.5 Å². The highest BCUT2D eigenvalue weighted by molar-refractivity contribution is 7.99. The lowest BCUT2D eigenvalue weighted by atomic mass is 9.48. The third-order valence-electron chi connectivity index (χ3n) is 7.36. The van der Waals surface area contributed by atoms with Crippen LogP contribution in [0.5, 0.6) is 0 Å². The van der Waals surface area contributed by atoms with E-state index >= 15 is 0 Å². The van der Waals surface area contributed by atoms with E-state index in [1.165, 1.54) is 36.6 Å². The van der Waals surface area contributed by atoms with Crippen molar-refractivity contribution in [1.82, 2.24) is 10.2 Å². The SMILES string of the molecule is CC(C)(C)c1ccc(-c2nnc(SCC(=O)C34CC5CC(CC(C5)C3)C4)o2)cc1. The van der Waals surface area contributed by atoms with Crippen LogP contribution in [-0.2, 0) is 10.2 Å². The highest BCUT2D eigenvalue weighted by Gasteiger charge is 2.54. The van der Waals surface area contributed by atoms with Crippen molar-refractivity contribution in [3.05, 3.63) is 29.8 Å². The fourth-order valence-electron chi connectivity index (χ4n) is 6.23. The fraction of sp³-hybridized carbons (Fsp3) is 0.625. The average Bonchev–Trinajstić information content (AvgIpc) is 3.13. The maximum atomic E-state index is 13.2. The van der Waals surface area contributed by atoms with Gasteiger partial charge < -0.3 is 4.42 Å². The summed E-state index contributed by atoms with van der Waals surface area (Å²) in [5, 5.41) is 8.87. The Kier molecular flexibility index (Phi) is 4.65. The minimum absolute atomic E-state index is 0.0482. The number of aromatic nitrogens is 2. The van der Waals surface area contributed by atoms with E-state index in [0.717, 1.165) is 42.6 Å². The number of rotatable bonds is 5. The van der Waals surface area contributed by atoms with Crippen molar-refractivity contribution in [3.63, 3.8) is 0 Å². The van der Waals surface area contributed by atoms with Crippen LogP contribution in [0.4, 0.5) is 0 Å². The zero-order valence-corrected chi connectivity index (χ0v) is 18.4. The maximum Gasteiger partial charge on any atom is 0.277 e. The molecule has 0 unspecified atom stereocenters. The van der Waals surface area contributed by atoms with Gasteiger partial charge in [0.05, 0.1) is 5.75 Å². The average molecular weight is 411 g/mol. The fourth-order valence-corrected chi connectivity index (χ4v) is 7.03. The number of hydrogen-bond acceptors (Lipinski definition) is 5. The number of nitrogens with zero attached hydrogens (tertiary/aromatic N) is 2. The summed E-state index contributed by atoms with van der Waals surface area (Å²) in [4.78, 5) is 13.2. The number of ketones is 1. The Morgan fingerprint density at radius 2 is 1.62 bits per heavy atom. The van der Waals surface area contributed by atoms with Gasteiger partial charge in [-0.15, -0.1) is 10.2 Å². The van der Waals surface area contributed by atoms with Crippen molar-refractivity contribution in [2.24, 2.45) is 23.2 Å². The van der Waals surface area contributed by atoms with Crippen LogP contribution in [0, 0.1) is 23.2 Å². The molecule has 1 aromatic heterocycles. The zero-order valence-electron chi connectivity index (χ0n) is 17.6. The number of thioether (sulfide) groups is 1. The van der Waals surface area contributed by atoms with E-state index in [9.17, 15) is 4.79 Å². The van der Waals surface area contributed by atoms with Crippen LogP contribution in [0.15, 0.2) is 33.9 Å². The van der Waals surface area contributed by atoms with E-state index in [1.54, 1.807) is 0 Å². The lowest BCUT2D eigenvalue weighted by Gasteiger charge is -2.55. The van der Waals surface area contributed by atoms with Crippen molar-refractivity contribution < 1.29 is 9.21 Å². The summed E-state index contributed by atoms with van der Waals surface area (Å²) in [5.74, 6) is 3.77. The Hall–Kier alpha value is -1.62. The standard InChI is InChI=1S/C24H30N2O2S/c1-23(2,3)19-6-4-18(5-7-19)21-25-26-22(28-21)29-14-20(27)24-11-15-8-16(12-24)10-17(9-15)13-24/h4-7,15-17H,8-14H2,1-3H3. The largest absolute Gasteiger partial charge is 0.411 e. The number of hydrogen-bond donors (Lipinski definition) is 0. The molecule has 4 fully saturated rings. The van der Waals surface area contributed by atoms with E-state index in [2.05, 4.69) is 43.1 Å². The van der Waals surface area contributed by atoms with Crippen LogP contribution in [0.25, 0.3) is 11.5 Å². The van der Waals surface area contributed by atoms with Crippen LogP contribution in [0.1, 0.15) is 64.9 Å². The second-order valence-corrected chi connectivity index (χ2v) is 11.5. The van der Waals surface area contributed by atoms with Crippen LogP contribution in [0.2, 0.25) is 0 Å². The van der Waals surface area contributed by atoms with Crippen LogP contribution >= 0.6 is 11.8 Å². The molecule has 0 amide bonds. The second-order valence-electron chi connectivity index (χ2n) is 10.6. The van der Waals surface area contributed by atoms with E-state index in [1.807, 2.05) is 12.1 Å². The number of Topliss-reactive ketones (excluding diaryl/α,β-unsaturated/α-hetero) is 1. The van der Waals surface area contributed by atoms with Gasteiger partial charge in [-0.3, -0.25) is 4.79 Å². The smallest absolute Gasteiger partial charge is 0.277 e. The van der Waals surface area contributed by atoms with Gasteiger partial charge in [-0.2, -0.15) is 0 Å². The molecule has 4 bridgehead atoms. The van der Waals surface area contributed by atoms with Crippen molar-refractivity contribution in [1.29, 1.82) is 0 Å². The molecule has 0 N–H and O–H groups in total. The Morgan fingerprint density at radius 1 is 1.03 bits per heavy atom. The van der Waals surface area contributed by atoms with E-state index in [-0.39, 0.29) is 10.8 Å². The predicted molar refractivity (Wildman–Crippen MR) is 115 cm³/mol. The molecule has 4 nitrogen and oxygen atoms in total. The molecule has 4 saturated carbocycles. The Bertz CT molecular complexity index is 874. The molecule has 4 aliphatic carbocycles. The van der Waals surface area contributed by atoms with Gasteiger partial charge in [-0.1, -0.05) is 44.7 Å². The molecule has 29 heavy (non-hydrogen) atoms. The molecular formula is C24H30N2O2S. The van der Waals surface area contributed by atoms with E-state index < -0.39 is 0 Å². The lowest BCUT2D eigenvalue weighted by Crippen LogP contribution is -2.50. The number of carbonyl (C=O) groups excluding carboxylic acids is 1. The molecule has 1 heterocycles. The van der Waals surface area contributed by atoms with E-state index in [0.29, 0.717) is 22.6 Å². The van der Waals surface area contributed by atoms with Crippen molar-refractivity contribution >= 4 is 17.5 Å². The zero-order chi connectivity index (χ0) is 20.2. The molecule has 5 heteroatoms. The molecule has 4 aliphatic rings. The number of carbonyl (C=O) groups is 1. The van der Waals surface area contributed by atoms with Gasteiger partial charge in [-0.05, 0) is 79.4 Å². The first-order valence-electron chi connectivity index (χ1n) is 10.9. The molecular weight excluding hydrogens is 380 g/mol. The molecule has 0 atom stereocenters. The summed E-state index contributed by atoms with van der Waals surface area (Å²) in [6.07, 6.45) is 7.44. The third kappa shape index (κ3) is 3.67. The van der Waals surface area contributed by atoms with Gasteiger partial charge in [0.25, 0.3) is 5.22 Å². The first-order valence-corrected chi connectivity index (χ1v) is 11.9. The van der Waals surface area contributed by atoms with Gasteiger partial charge in [-0.25, -0.2) is 0 Å². The summed E-state index contributed by atoms with van der Waals surface area (Å²) < 4.78 is 5.85. The first kappa shape index (κ1) is 19.3. The van der Waals surface area contributed by atoms with Gasteiger partial charge >= 0.3 is 0 Å². The quantitative estimate of drug-likeness (QED) is 0.573. The Morgan fingerprint density at radius 3 is 2.17 bits per heavy atom. The van der Waals surface area contributed by atoms with E-state index in [4.69, 9.17) is 4.42 Å². The highest BCUT2D eigenvalue weighted by Crippen LogP contribution is 2.60.